The summed E-state index contributed by atoms with van der Waals surface area (Å²) in [5.41, 5.74) is 1.65. The van der Waals surface area contributed by atoms with Gasteiger partial charge < -0.3 is 5.11 Å². The number of thiophene rings is 1. The van der Waals surface area contributed by atoms with Crippen LogP contribution >= 0.6 is 22.7 Å². The molecule has 0 aliphatic heterocycles. The Morgan fingerprint density at radius 2 is 2.00 bits per heavy atom. The lowest BCUT2D eigenvalue weighted by molar-refractivity contribution is 0.0701. The third kappa shape index (κ3) is 1.88. The lowest BCUT2D eigenvalue weighted by atomic mass is 10.2. The molecule has 3 nitrogen and oxygen atoms in total. The van der Waals surface area contributed by atoms with E-state index in [1.165, 1.54) is 21.1 Å². The molecule has 0 atom stereocenters. The molecule has 0 saturated heterocycles. The van der Waals surface area contributed by atoms with Crippen LogP contribution in [0.15, 0.2) is 6.07 Å². The zero-order chi connectivity index (χ0) is 11.9. The first-order valence-corrected chi connectivity index (χ1v) is 6.40. The van der Waals surface area contributed by atoms with Crippen LogP contribution < -0.4 is 0 Å². The number of aromatic nitrogens is 1. The van der Waals surface area contributed by atoms with Gasteiger partial charge in [0.1, 0.15) is 9.88 Å². The summed E-state index contributed by atoms with van der Waals surface area (Å²) in [6.45, 7) is 5.81. The standard InChI is InChI=1S/C11H11NO2S2/c1-5-4-8(7(3)15-5)10-12-6(2)9(16-10)11(13)14/h4H,1-3H3,(H,13,14). The molecule has 16 heavy (non-hydrogen) atoms. The molecule has 2 aromatic heterocycles. The van der Waals surface area contributed by atoms with Gasteiger partial charge >= 0.3 is 5.97 Å². The van der Waals surface area contributed by atoms with Crippen LogP contribution in [0.3, 0.4) is 0 Å². The average molecular weight is 253 g/mol. The van der Waals surface area contributed by atoms with E-state index in [1.54, 1.807) is 18.3 Å². The van der Waals surface area contributed by atoms with Crippen molar-refractivity contribution in [2.45, 2.75) is 20.8 Å². The smallest absolute Gasteiger partial charge is 0.347 e. The van der Waals surface area contributed by atoms with Crippen LogP contribution in [-0.2, 0) is 0 Å². The Bertz CT molecular complexity index is 554. The number of aryl methyl sites for hydroxylation is 3. The number of carbonyl (C=O) groups is 1. The van der Waals surface area contributed by atoms with E-state index in [-0.39, 0.29) is 0 Å². The van der Waals surface area contributed by atoms with Gasteiger partial charge in [-0.3, -0.25) is 0 Å². The van der Waals surface area contributed by atoms with Crippen LogP contribution in [0.2, 0.25) is 0 Å². The molecule has 0 aliphatic rings. The largest absolute Gasteiger partial charge is 0.477 e. The van der Waals surface area contributed by atoms with E-state index in [0.717, 1.165) is 10.6 Å². The van der Waals surface area contributed by atoms with E-state index in [0.29, 0.717) is 10.6 Å². The van der Waals surface area contributed by atoms with Crippen molar-refractivity contribution in [3.05, 3.63) is 26.4 Å². The summed E-state index contributed by atoms with van der Waals surface area (Å²) < 4.78 is 0. The van der Waals surface area contributed by atoms with Gasteiger partial charge in [0.25, 0.3) is 0 Å². The van der Waals surface area contributed by atoms with Crippen molar-refractivity contribution in [3.8, 4) is 10.6 Å². The molecule has 0 aliphatic carbocycles. The quantitative estimate of drug-likeness (QED) is 0.891. The number of thiazole rings is 1. The zero-order valence-corrected chi connectivity index (χ0v) is 10.8. The molecule has 2 aromatic rings. The highest BCUT2D eigenvalue weighted by Crippen LogP contribution is 2.34. The van der Waals surface area contributed by atoms with Gasteiger partial charge in [-0.1, -0.05) is 0 Å². The minimum absolute atomic E-state index is 0.332. The highest BCUT2D eigenvalue weighted by atomic mass is 32.1. The topological polar surface area (TPSA) is 50.2 Å². The van der Waals surface area contributed by atoms with Crippen molar-refractivity contribution in [1.29, 1.82) is 0 Å². The molecule has 0 saturated carbocycles. The fourth-order valence-corrected chi connectivity index (χ4v) is 3.52. The predicted molar refractivity (Wildman–Crippen MR) is 66.6 cm³/mol. The number of carboxylic acids is 1. The fraction of sp³-hybridized carbons (Fsp3) is 0.273. The van der Waals surface area contributed by atoms with Crippen molar-refractivity contribution >= 4 is 28.6 Å². The molecule has 5 heteroatoms. The van der Waals surface area contributed by atoms with Gasteiger partial charge in [0.2, 0.25) is 0 Å². The van der Waals surface area contributed by atoms with Crippen molar-refractivity contribution in [3.63, 3.8) is 0 Å². The molecule has 0 radical (unpaired) electrons. The average Bonchev–Trinajstić information content (AvgIpc) is 2.69. The second-order valence-electron chi connectivity index (χ2n) is 3.57. The molecule has 0 amide bonds. The first-order valence-electron chi connectivity index (χ1n) is 4.77. The summed E-state index contributed by atoms with van der Waals surface area (Å²) in [6, 6.07) is 2.06. The van der Waals surface area contributed by atoms with E-state index in [1.807, 2.05) is 13.8 Å². The Labute approximate surface area is 101 Å². The van der Waals surface area contributed by atoms with Crippen LogP contribution in [0.1, 0.15) is 25.1 Å². The second kappa shape index (κ2) is 3.99. The SMILES string of the molecule is Cc1cc(-c2nc(C)c(C(=O)O)s2)c(C)s1. The maximum atomic E-state index is 10.9. The molecule has 2 rings (SSSR count). The zero-order valence-electron chi connectivity index (χ0n) is 9.20. The summed E-state index contributed by atoms with van der Waals surface area (Å²) in [7, 11) is 0. The number of carboxylic acid groups (broad SMARTS) is 1. The first-order chi connectivity index (χ1) is 7.49. The van der Waals surface area contributed by atoms with Gasteiger partial charge in [0.15, 0.2) is 0 Å². The van der Waals surface area contributed by atoms with Crippen LogP contribution in [0.5, 0.6) is 0 Å². The maximum Gasteiger partial charge on any atom is 0.347 e. The summed E-state index contributed by atoms with van der Waals surface area (Å²) in [4.78, 5) is 18.0. The van der Waals surface area contributed by atoms with E-state index in [9.17, 15) is 4.79 Å². The van der Waals surface area contributed by atoms with Crippen LogP contribution in [0.4, 0.5) is 0 Å². The van der Waals surface area contributed by atoms with Gasteiger partial charge in [-0.05, 0) is 26.8 Å². The monoisotopic (exact) mass is 253 g/mol. The number of hydrogen-bond donors (Lipinski definition) is 1. The van der Waals surface area contributed by atoms with Gasteiger partial charge in [-0.25, -0.2) is 9.78 Å². The van der Waals surface area contributed by atoms with Gasteiger partial charge in [0.05, 0.1) is 5.69 Å². The Morgan fingerprint density at radius 1 is 1.31 bits per heavy atom. The van der Waals surface area contributed by atoms with E-state index in [2.05, 4.69) is 11.1 Å². The molecular formula is C11H11NO2S2. The Balaban J connectivity index is 2.53. The Kier molecular flexibility index (Phi) is 2.82. The first kappa shape index (κ1) is 11.3. The van der Waals surface area contributed by atoms with E-state index in [4.69, 9.17) is 5.11 Å². The molecule has 1 N–H and O–H groups in total. The molecule has 2 heterocycles. The van der Waals surface area contributed by atoms with Gasteiger partial charge in [-0.2, -0.15) is 0 Å². The summed E-state index contributed by atoms with van der Waals surface area (Å²) >= 11 is 2.95. The third-order valence-electron chi connectivity index (χ3n) is 2.26. The van der Waals surface area contributed by atoms with Crippen molar-refractivity contribution in [2.75, 3.05) is 0 Å². The minimum Gasteiger partial charge on any atom is -0.477 e. The number of aromatic carboxylic acids is 1. The van der Waals surface area contributed by atoms with Crippen LogP contribution in [-0.4, -0.2) is 16.1 Å². The summed E-state index contributed by atoms with van der Waals surface area (Å²) in [6.07, 6.45) is 0. The van der Waals surface area contributed by atoms with Crippen LogP contribution in [0, 0.1) is 20.8 Å². The van der Waals surface area contributed by atoms with Crippen LogP contribution in [0.25, 0.3) is 10.6 Å². The maximum absolute atomic E-state index is 10.9. The lowest BCUT2D eigenvalue weighted by Gasteiger charge is -1.91. The second-order valence-corrected chi connectivity index (χ2v) is 6.03. The molecular weight excluding hydrogens is 242 g/mol. The Hall–Kier alpha value is -1.20. The van der Waals surface area contributed by atoms with E-state index < -0.39 is 5.97 Å². The summed E-state index contributed by atoms with van der Waals surface area (Å²) in [5.74, 6) is -0.897. The minimum atomic E-state index is -0.897. The molecule has 0 fully saturated rings. The number of rotatable bonds is 2. The van der Waals surface area contributed by atoms with Crippen molar-refractivity contribution in [2.24, 2.45) is 0 Å². The van der Waals surface area contributed by atoms with E-state index >= 15 is 0 Å². The number of nitrogens with zero attached hydrogens (tertiary/aromatic N) is 1. The normalized spacial score (nSPS) is 10.7. The van der Waals surface area contributed by atoms with Gasteiger partial charge in [0, 0.05) is 15.3 Å². The van der Waals surface area contributed by atoms with Crippen molar-refractivity contribution < 1.29 is 9.90 Å². The van der Waals surface area contributed by atoms with Crippen molar-refractivity contribution in [1.82, 2.24) is 4.98 Å². The molecule has 0 aromatic carbocycles. The Morgan fingerprint density at radius 3 is 2.44 bits per heavy atom. The summed E-state index contributed by atoms with van der Waals surface area (Å²) in [5, 5.41) is 9.78. The molecule has 0 bridgehead atoms. The highest BCUT2D eigenvalue weighted by molar-refractivity contribution is 7.18. The molecule has 0 spiro atoms. The molecule has 84 valence electrons. The number of hydrogen-bond acceptors (Lipinski definition) is 4. The highest BCUT2D eigenvalue weighted by Gasteiger charge is 2.16. The predicted octanol–water partition coefficient (Wildman–Crippen LogP) is 3.50. The fourth-order valence-electron chi connectivity index (χ4n) is 1.55. The van der Waals surface area contributed by atoms with Gasteiger partial charge in [-0.15, -0.1) is 22.7 Å². The lowest BCUT2D eigenvalue weighted by Crippen LogP contribution is -1.94. The third-order valence-corrected chi connectivity index (χ3v) is 4.41. The molecule has 0 unspecified atom stereocenters.